The largest absolute Gasteiger partial charge is 0.497 e. The molecule has 0 unspecified atom stereocenters. The highest BCUT2D eigenvalue weighted by Gasteiger charge is 1.93. The minimum Gasteiger partial charge on any atom is -0.497 e. The van der Waals surface area contributed by atoms with Crippen LogP contribution < -0.4 is 4.74 Å². The number of alkyl halides is 1. The van der Waals surface area contributed by atoms with Gasteiger partial charge in [-0.1, -0.05) is 23.7 Å². The van der Waals surface area contributed by atoms with Crippen LogP contribution in [0.1, 0.15) is 5.56 Å². The van der Waals surface area contributed by atoms with Crippen LogP contribution in [-0.4, -0.2) is 19.8 Å². The molecular formula is C10H13ClO2. The Kier molecular flexibility index (Phi) is 4.65. The molecule has 3 heteroatoms. The van der Waals surface area contributed by atoms with Crippen molar-refractivity contribution in [3.05, 3.63) is 29.8 Å². The second-order valence-corrected chi connectivity index (χ2v) is 2.83. The van der Waals surface area contributed by atoms with E-state index in [0.29, 0.717) is 6.61 Å². The molecule has 0 heterocycles. The van der Waals surface area contributed by atoms with Crippen LogP contribution >= 0.6 is 11.6 Å². The lowest BCUT2D eigenvalue weighted by Crippen LogP contribution is -1.96. The highest BCUT2D eigenvalue weighted by molar-refractivity contribution is 6.17. The minimum absolute atomic E-state index is 0.260. The molecule has 0 radical (unpaired) electrons. The van der Waals surface area contributed by atoms with Crippen molar-refractivity contribution in [2.75, 3.05) is 19.8 Å². The molecule has 1 aromatic rings. The van der Waals surface area contributed by atoms with Crippen molar-refractivity contribution in [1.29, 1.82) is 0 Å². The lowest BCUT2D eigenvalue weighted by atomic mass is 10.1. The first-order valence-corrected chi connectivity index (χ1v) is 4.67. The summed E-state index contributed by atoms with van der Waals surface area (Å²) in [4.78, 5) is 0. The molecule has 2 nitrogen and oxygen atoms in total. The zero-order valence-electron chi connectivity index (χ0n) is 7.63. The molecule has 0 spiro atoms. The normalized spacial score (nSPS) is 10.0. The van der Waals surface area contributed by atoms with E-state index in [1.54, 1.807) is 7.11 Å². The van der Waals surface area contributed by atoms with Crippen LogP contribution in [0.5, 0.6) is 5.75 Å². The van der Waals surface area contributed by atoms with Gasteiger partial charge in [0.25, 0.3) is 0 Å². The molecule has 0 bridgehead atoms. The Bertz CT molecular complexity index is 233. The maximum absolute atomic E-state index is 5.37. The molecule has 0 amide bonds. The van der Waals surface area contributed by atoms with Crippen molar-refractivity contribution >= 4 is 11.6 Å². The highest BCUT2D eigenvalue weighted by atomic mass is 35.5. The third-order valence-corrected chi connectivity index (χ3v) is 1.93. The van der Waals surface area contributed by atoms with Crippen molar-refractivity contribution in [2.24, 2.45) is 0 Å². The molecule has 1 aromatic carbocycles. The topological polar surface area (TPSA) is 18.5 Å². The second-order valence-electron chi connectivity index (χ2n) is 2.62. The smallest absolute Gasteiger partial charge is 0.120 e. The van der Waals surface area contributed by atoms with Crippen molar-refractivity contribution in [1.82, 2.24) is 0 Å². The van der Waals surface area contributed by atoms with Crippen LogP contribution in [0.4, 0.5) is 0 Å². The van der Waals surface area contributed by atoms with Crippen molar-refractivity contribution in [3.63, 3.8) is 0 Å². The summed E-state index contributed by atoms with van der Waals surface area (Å²) >= 11 is 5.37. The number of ether oxygens (including phenoxy) is 2. The van der Waals surface area contributed by atoms with Gasteiger partial charge in [-0.2, -0.15) is 0 Å². The number of benzene rings is 1. The zero-order chi connectivity index (χ0) is 9.52. The molecular weight excluding hydrogens is 188 g/mol. The van der Waals surface area contributed by atoms with Gasteiger partial charge in [-0.15, -0.1) is 0 Å². The quantitative estimate of drug-likeness (QED) is 0.537. The average Bonchev–Trinajstić information content (AvgIpc) is 2.19. The van der Waals surface area contributed by atoms with E-state index in [2.05, 4.69) is 0 Å². The maximum atomic E-state index is 5.37. The Morgan fingerprint density at radius 3 is 2.46 bits per heavy atom. The molecule has 1 rings (SSSR count). The number of halogens is 1. The summed E-state index contributed by atoms with van der Waals surface area (Å²) in [5, 5.41) is 0. The Hall–Kier alpha value is -0.730. The first-order chi connectivity index (χ1) is 6.36. The molecule has 72 valence electrons. The van der Waals surface area contributed by atoms with Gasteiger partial charge in [-0.25, -0.2) is 0 Å². The van der Waals surface area contributed by atoms with Crippen LogP contribution in [0.25, 0.3) is 0 Å². The monoisotopic (exact) mass is 200 g/mol. The van der Waals surface area contributed by atoms with Crippen LogP contribution in [-0.2, 0) is 11.2 Å². The molecule has 0 fully saturated rings. The third kappa shape index (κ3) is 3.66. The van der Waals surface area contributed by atoms with Gasteiger partial charge >= 0.3 is 0 Å². The predicted molar refractivity (Wildman–Crippen MR) is 53.4 cm³/mol. The molecule has 0 atom stereocenters. The lowest BCUT2D eigenvalue weighted by molar-refractivity contribution is 0.183. The zero-order valence-corrected chi connectivity index (χ0v) is 8.38. The standard InChI is InChI=1S/C10H13ClO2/c1-12-10-4-2-9(3-5-10)6-7-13-8-11/h2-5H,6-8H2,1H3. The van der Waals surface area contributed by atoms with Gasteiger partial charge in [0, 0.05) is 0 Å². The van der Waals surface area contributed by atoms with E-state index in [9.17, 15) is 0 Å². The van der Waals surface area contributed by atoms with Gasteiger partial charge in [-0.05, 0) is 24.1 Å². The molecule has 0 aliphatic carbocycles. The molecule has 0 N–H and O–H groups in total. The Morgan fingerprint density at radius 1 is 1.23 bits per heavy atom. The molecule has 0 aromatic heterocycles. The summed E-state index contributed by atoms with van der Waals surface area (Å²) in [5.41, 5.74) is 1.23. The van der Waals surface area contributed by atoms with Gasteiger partial charge in [-0.3, -0.25) is 0 Å². The minimum atomic E-state index is 0.260. The van der Waals surface area contributed by atoms with Crippen LogP contribution in [0.2, 0.25) is 0 Å². The first-order valence-electron chi connectivity index (χ1n) is 4.13. The molecule has 0 saturated carbocycles. The Labute approximate surface area is 83.4 Å². The Balaban J connectivity index is 2.40. The maximum Gasteiger partial charge on any atom is 0.120 e. The number of hydrogen-bond acceptors (Lipinski definition) is 2. The van der Waals surface area contributed by atoms with Crippen molar-refractivity contribution < 1.29 is 9.47 Å². The summed E-state index contributed by atoms with van der Waals surface area (Å²) in [6, 6.07) is 8.19. The van der Waals surface area contributed by atoms with Crippen molar-refractivity contribution in [2.45, 2.75) is 6.42 Å². The van der Waals surface area contributed by atoms with E-state index < -0.39 is 0 Å². The predicted octanol–water partition coefficient (Wildman–Crippen LogP) is 2.45. The third-order valence-electron chi connectivity index (χ3n) is 1.77. The van der Waals surface area contributed by atoms with Gasteiger partial charge in [0.05, 0.1) is 13.7 Å². The van der Waals surface area contributed by atoms with E-state index in [-0.39, 0.29) is 6.07 Å². The number of rotatable bonds is 5. The van der Waals surface area contributed by atoms with E-state index >= 15 is 0 Å². The summed E-state index contributed by atoms with van der Waals surface area (Å²) in [5.74, 6) is 0.877. The number of hydrogen-bond donors (Lipinski definition) is 0. The number of methoxy groups -OCH3 is 1. The molecule has 0 aliphatic heterocycles. The van der Waals surface area contributed by atoms with E-state index in [0.717, 1.165) is 12.2 Å². The van der Waals surface area contributed by atoms with Gasteiger partial charge in [0.15, 0.2) is 0 Å². The van der Waals surface area contributed by atoms with E-state index in [1.165, 1.54) is 5.56 Å². The molecule has 13 heavy (non-hydrogen) atoms. The highest BCUT2D eigenvalue weighted by Crippen LogP contribution is 2.11. The Morgan fingerprint density at radius 2 is 1.92 bits per heavy atom. The van der Waals surface area contributed by atoms with E-state index in [1.807, 2.05) is 24.3 Å². The van der Waals surface area contributed by atoms with Crippen LogP contribution in [0, 0.1) is 0 Å². The fraction of sp³-hybridized carbons (Fsp3) is 0.400. The van der Waals surface area contributed by atoms with Gasteiger partial charge in [0.1, 0.15) is 11.8 Å². The van der Waals surface area contributed by atoms with Gasteiger partial charge in [0.2, 0.25) is 0 Å². The fourth-order valence-corrected chi connectivity index (χ4v) is 1.15. The van der Waals surface area contributed by atoms with Gasteiger partial charge < -0.3 is 9.47 Å². The van der Waals surface area contributed by atoms with Crippen molar-refractivity contribution in [3.8, 4) is 5.75 Å². The average molecular weight is 201 g/mol. The molecule has 0 aliphatic rings. The summed E-state index contributed by atoms with van der Waals surface area (Å²) < 4.78 is 10.1. The van der Waals surface area contributed by atoms with Crippen LogP contribution in [0.3, 0.4) is 0 Å². The summed E-state index contributed by atoms with van der Waals surface area (Å²) in [6.07, 6.45) is 0.886. The molecule has 0 saturated heterocycles. The fourth-order valence-electron chi connectivity index (χ4n) is 1.04. The summed E-state index contributed by atoms with van der Waals surface area (Å²) in [7, 11) is 1.66. The first kappa shape index (κ1) is 10.4. The summed E-state index contributed by atoms with van der Waals surface area (Å²) in [6.45, 7) is 0.663. The van der Waals surface area contributed by atoms with Crippen LogP contribution in [0.15, 0.2) is 24.3 Å². The lowest BCUT2D eigenvalue weighted by Gasteiger charge is -2.02. The second kappa shape index (κ2) is 5.84. The SMILES string of the molecule is COc1ccc(CCOCCl)cc1. The van der Waals surface area contributed by atoms with E-state index in [4.69, 9.17) is 21.1 Å².